The van der Waals surface area contributed by atoms with Gasteiger partial charge in [0.25, 0.3) is 0 Å². The molecule has 30 heavy (non-hydrogen) atoms. The van der Waals surface area contributed by atoms with Gasteiger partial charge in [0.2, 0.25) is 0 Å². The third-order valence-electron chi connectivity index (χ3n) is 5.20. The molecule has 0 spiro atoms. The van der Waals surface area contributed by atoms with Crippen LogP contribution in [0.15, 0.2) is 52.5 Å². The predicted molar refractivity (Wildman–Crippen MR) is 102 cm³/mol. The maximum absolute atomic E-state index is 13.2. The minimum Gasteiger partial charge on any atom is -0.373 e. The Balaban J connectivity index is 1.92. The summed E-state index contributed by atoms with van der Waals surface area (Å²) in [6, 6.07) is 6.50. The van der Waals surface area contributed by atoms with Gasteiger partial charge in [0.1, 0.15) is 0 Å². The largest absolute Gasteiger partial charge is 0.416 e. The molecule has 3 rings (SSSR count). The fourth-order valence-electron chi connectivity index (χ4n) is 3.35. The van der Waals surface area contributed by atoms with Crippen molar-refractivity contribution in [2.75, 3.05) is 12.9 Å². The van der Waals surface area contributed by atoms with Crippen LogP contribution >= 0.6 is 0 Å². The SMILES string of the molecule is CC1(S(=O)(=O)c2cccc(C(F)(F)F)c2)CCOC(c2ccc(S(C)(=O)=O)nc2)C1. The Bertz CT molecular complexity index is 1150. The molecule has 0 saturated carbocycles. The molecule has 11 heteroatoms. The topological polar surface area (TPSA) is 90.4 Å². The number of sulfone groups is 2. The van der Waals surface area contributed by atoms with Crippen molar-refractivity contribution in [2.45, 2.75) is 46.7 Å². The van der Waals surface area contributed by atoms with Crippen LogP contribution in [0.1, 0.15) is 37.0 Å². The van der Waals surface area contributed by atoms with E-state index in [1.807, 2.05) is 0 Å². The van der Waals surface area contributed by atoms with E-state index in [1.165, 1.54) is 25.3 Å². The number of benzene rings is 1. The fourth-order valence-corrected chi connectivity index (χ4v) is 5.75. The smallest absolute Gasteiger partial charge is 0.373 e. The van der Waals surface area contributed by atoms with Gasteiger partial charge in [-0.05, 0) is 49.6 Å². The molecule has 2 atom stereocenters. The Morgan fingerprint density at radius 2 is 1.83 bits per heavy atom. The van der Waals surface area contributed by atoms with Gasteiger partial charge in [-0.3, -0.25) is 0 Å². The van der Waals surface area contributed by atoms with E-state index in [1.54, 1.807) is 0 Å². The van der Waals surface area contributed by atoms with E-state index in [2.05, 4.69) is 4.98 Å². The molecular weight excluding hydrogens is 443 g/mol. The summed E-state index contributed by atoms with van der Waals surface area (Å²) in [5, 5.41) is -0.124. The van der Waals surface area contributed by atoms with Crippen molar-refractivity contribution in [3.05, 3.63) is 53.7 Å². The molecule has 0 aliphatic carbocycles. The van der Waals surface area contributed by atoms with Crippen molar-refractivity contribution >= 4 is 19.7 Å². The highest BCUT2D eigenvalue weighted by Crippen LogP contribution is 2.42. The standard InChI is InChI=1S/C19H20F3NO5S2/c1-18(30(26,27)15-5-3-4-14(10-15)19(20,21)22)8-9-28-16(11-18)13-6-7-17(23-12-13)29(2,24)25/h3-7,10,12,16H,8-9,11H2,1-2H3. The molecule has 2 unspecified atom stereocenters. The van der Waals surface area contributed by atoms with Crippen LogP contribution in [0, 0.1) is 0 Å². The molecule has 1 aromatic carbocycles. The van der Waals surface area contributed by atoms with E-state index in [4.69, 9.17) is 4.74 Å². The van der Waals surface area contributed by atoms with Crippen molar-refractivity contribution in [1.82, 2.24) is 4.98 Å². The van der Waals surface area contributed by atoms with Crippen LogP contribution < -0.4 is 0 Å². The lowest BCUT2D eigenvalue weighted by molar-refractivity contribution is -0.137. The zero-order valence-corrected chi connectivity index (χ0v) is 17.8. The van der Waals surface area contributed by atoms with E-state index >= 15 is 0 Å². The monoisotopic (exact) mass is 463 g/mol. The molecule has 6 nitrogen and oxygen atoms in total. The number of pyridine rings is 1. The lowest BCUT2D eigenvalue weighted by atomic mass is 9.93. The second kappa shape index (κ2) is 7.61. The Morgan fingerprint density at radius 1 is 1.13 bits per heavy atom. The van der Waals surface area contributed by atoms with Gasteiger partial charge in [-0.2, -0.15) is 13.2 Å². The molecular formula is C19H20F3NO5S2. The van der Waals surface area contributed by atoms with Crippen molar-refractivity contribution in [1.29, 1.82) is 0 Å². The molecule has 1 aromatic heterocycles. The Hall–Kier alpha value is -1.98. The lowest BCUT2D eigenvalue weighted by Crippen LogP contribution is -2.42. The number of ether oxygens (including phenoxy) is 1. The summed E-state index contributed by atoms with van der Waals surface area (Å²) < 4.78 is 93.0. The number of alkyl halides is 3. The van der Waals surface area contributed by atoms with Crippen LogP contribution in [0.3, 0.4) is 0 Å². The van der Waals surface area contributed by atoms with Crippen LogP contribution in [0.25, 0.3) is 0 Å². The van der Waals surface area contributed by atoms with Gasteiger partial charge in [0.15, 0.2) is 24.7 Å². The Kier molecular flexibility index (Phi) is 5.76. The highest BCUT2D eigenvalue weighted by Gasteiger charge is 2.45. The number of hydrogen-bond acceptors (Lipinski definition) is 6. The van der Waals surface area contributed by atoms with E-state index in [-0.39, 0.29) is 24.5 Å². The Morgan fingerprint density at radius 3 is 2.40 bits per heavy atom. The second-order valence-corrected chi connectivity index (χ2v) is 11.9. The summed E-state index contributed by atoms with van der Waals surface area (Å²) in [4.78, 5) is 3.49. The number of aromatic nitrogens is 1. The van der Waals surface area contributed by atoms with Gasteiger partial charge in [-0.1, -0.05) is 12.1 Å². The molecule has 1 fully saturated rings. The number of hydrogen-bond donors (Lipinski definition) is 0. The van der Waals surface area contributed by atoms with Crippen molar-refractivity contribution in [3.63, 3.8) is 0 Å². The summed E-state index contributed by atoms with van der Waals surface area (Å²) in [6.45, 7) is 1.56. The van der Waals surface area contributed by atoms with Gasteiger partial charge in [-0.15, -0.1) is 0 Å². The first kappa shape index (κ1) is 22.7. The second-order valence-electron chi connectivity index (χ2n) is 7.49. The molecule has 1 aliphatic heterocycles. The zero-order chi connectivity index (χ0) is 22.4. The van der Waals surface area contributed by atoms with Crippen LogP contribution in [0.2, 0.25) is 0 Å². The van der Waals surface area contributed by atoms with Crippen LogP contribution in [-0.2, 0) is 30.6 Å². The molecule has 2 aromatic rings. The summed E-state index contributed by atoms with van der Waals surface area (Å²) in [5.41, 5.74) is -0.538. The maximum atomic E-state index is 13.2. The third kappa shape index (κ3) is 4.37. The average molecular weight is 463 g/mol. The predicted octanol–water partition coefficient (Wildman–Crippen LogP) is 3.59. The molecule has 2 heterocycles. The van der Waals surface area contributed by atoms with Crippen LogP contribution in [0.4, 0.5) is 13.2 Å². The quantitative estimate of drug-likeness (QED) is 0.688. The third-order valence-corrected chi connectivity index (χ3v) is 8.74. The number of rotatable bonds is 4. The summed E-state index contributed by atoms with van der Waals surface area (Å²) in [7, 11) is -7.60. The number of halogens is 3. The highest BCUT2D eigenvalue weighted by molar-refractivity contribution is 7.92. The Labute approximate surface area is 172 Å². The van der Waals surface area contributed by atoms with E-state index in [9.17, 15) is 30.0 Å². The first-order valence-corrected chi connectivity index (χ1v) is 12.3. The maximum Gasteiger partial charge on any atom is 0.416 e. The summed E-state index contributed by atoms with van der Waals surface area (Å²) in [5.74, 6) is 0. The molecule has 0 amide bonds. The molecule has 1 saturated heterocycles. The van der Waals surface area contributed by atoms with Gasteiger partial charge in [-0.25, -0.2) is 21.8 Å². The first-order chi connectivity index (χ1) is 13.7. The minimum absolute atomic E-state index is 0.00845. The van der Waals surface area contributed by atoms with Gasteiger partial charge in [0.05, 0.1) is 21.3 Å². The minimum atomic E-state index is -4.66. The van der Waals surface area contributed by atoms with Crippen molar-refractivity contribution in [2.24, 2.45) is 0 Å². The van der Waals surface area contributed by atoms with Gasteiger partial charge >= 0.3 is 6.18 Å². The highest BCUT2D eigenvalue weighted by atomic mass is 32.2. The normalized spacial score (nSPS) is 23.3. The lowest BCUT2D eigenvalue weighted by Gasteiger charge is -2.37. The fraction of sp³-hybridized carbons (Fsp3) is 0.421. The zero-order valence-electron chi connectivity index (χ0n) is 16.2. The molecule has 164 valence electrons. The molecule has 0 bridgehead atoms. The van der Waals surface area contributed by atoms with E-state index in [0.717, 1.165) is 24.5 Å². The van der Waals surface area contributed by atoms with Crippen molar-refractivity contribution < 1.29 is 34.7 Å². The van der Waals surface area contributed by atoms with E-state index < -0.39 is 47.2 Å². The number of nitrogens with zero attached hydrogens (tertiary/aromatic N) is 1. The summed E-state index contributed by atoms with van der Waals surface area (Å²) in [6.07, 6.45) is -2.92. The molecule has 1 aliphatic rings. The van der Waals surface area contributed by atoms with Crippen LogP contribution in [0.5, 0.6) is 0 Å². The van der Waals surface area contributed by atoms with Gasteiger partial charge < -0.3 is 4.74 Å². The molecule has 0 N–H and O–H groups in total. The average Bonchev–Trinajstić information content (AvgIpc) is 2.67. The van der Waals surface area contributed by atoms with E-state index in [0.29, 0.717) is 11.6 Å². The summed E-state index contributed by atoms with van der Waals surface area (Å²) >= 11 is 0. The first-order valence-electron chi connectivity index (χ1n) is 8.94. The van der Waals surface area contributed by atoms with Gasteiger partial charge in [0, 0.05) is 19.1 Å². The van der Waals surface area contributed by atoms with Crippen molar-refractivity contribution in [3.8, 4) is 0 Å². The molecule has 0 radical (unpaired) electrons. The van der Waals surface area contributed by atoms with Crippen LogP contribution in [-0.4, -0.2) is 39.4 Å².